The van der Waals surface area contributed by atoms with Gasteiger partial charge in [0, 0.05) is 31.4 Å². The van der Waals surface area contributed by atoms with Crippen LogP contribution >= 0.6 is 0 Å². The fourth-order valence-electron chi connectivity index (χ4n) is 3.24. The summed E-state index contributed by atoms with van der Waals surface area (Å²) in [4.78, 5) is 20.0. The Balaban J connectivity index is 1.56. The number of hydroxylamine groups is 2. The van der Waals surface area contributed by atoms with Crippen molar-refractivity contribution < 1.29 is 9.63 Å². The highest BCUT2D eigenvalue weighted by atomic mass is 16.7. The molecule has 4 heteroatoms. The van der Waals surface area contributed by atoms with Crippen molar-refractivity contribution in [1.29, 1.82) is 0 Å². The van der Waals surface area contributed by atoms with E-state index in [9.17, 15) is 4.79 Å². The molecular weight excluding hydrogens is 276 g/mol. The molecule has 0 saturated carbocycles. The molecule has 0 aromatic heterocycles. The molecule has 1 saturated heterocycles. The highest BCUT2D eigenvalue weighted by Gasteiger charge is 2.32. The summed E-state index contributed by atoms with van der Waals surface area (Å²) in [5, 5.41) is 1.84. The van der Waals surface area contributed by atoms with Crippen molar-refractivity contribution in [3.63, 3.8) is 0 Å². The lowest BCUT2D eigenvalue weighted by Crippen LogP contribution is -2.46. The van der Waals surface area contributed by atoms with Gasteiger partial charge >= 0.3 is 5.97 Å². The second kappa shape index (κ2) is 5.92. The molecule has 0 aliphatic carbocycles. The highest BCUT2D eigenvalue weighted by Crippen LogP contribution is 2.32. The van der Waals surface area contributed by atoms with Gasteiger partial charge in [-0.2, -0.15) is 0 Å². The van der Waals surface area contributed by atoms with Gasteiger partial charge in [-0.25, -0.2) is 4.79 Å². The monoisotopic (exact) mass is 302 g/mol. The lowest BCUT2D eigenvalue weighted by molar-refractivity contribution is -0.204. The van der Waals surface area contributed by atoms with Crippen molar-refractivity contribution in [1.82, 2.24) is 5.06 Å². The fraction of sp³-hybridized carbons (Fsp3) is 0.611. The van der Waals surface area contributed by atoms with Gasteiger partial charge in [0.1, 0.15) is 0 Å². The van der Waals surface area contributed by atoms with Crippen LogP contribution in [-0.2, 0) is 16.1 Å². The van der Waals surface area contributed by atoms with Crippen LogP contribution in [0.4, 0.5) is 5.69 Å². The Morgan fingerprint density at radius 2 is 1.82 bits per heavy atom. The van der Waals surface area contributed by atoms with Gasteiger partial charge in [0.2, 0.25) is 0 Å². The van der Waals surface area contributed by atoms with Crippen LogP contribution in [0.25, 0.3) is 0 Å². The minimum absolute atomic E-state index is 0.141. The van der Waals surface area contributed by atoms with Crippen LogP contribution in [0.15, 0.2) is 24.3 Å². The van der Waals surface area contributed by atoms with Crippen molar-refractivity contribution in [2.45, 2.75) is 46.1 Å². The SMILES string of the molecule is CC(C)(C)C(=O)ON1CCC(N2CCc3ccccc32)CC1. The molecule has 3 rings (SSSR count). The molecule has 2 heterocycles. The summed E-state index contributed by atoms with van der Waals surface area (Å²) < 4.78 is 0. The number of piperidine rings is 1. The van der Waals surface area contributed by atoms with Crippen LogP contribution in [0.5, 0.6) is 0 Å². The molecule has 0 spiro atoms. The Morgan fingerprint density at radius 3 is 2.50 bits per heavy atom. The van der Waals surface area contributed by atoms with Crippen molar-refractivity contribution >= 4 is 11.7 Å². The van der Waals surface area contributed by atoms with Crippen LogP contribution in [0.3, 0.4) is 0 Å². The molecule has 2 aliphatic rings. The maximum atomic E-state index is 12.0. The van der Waals surface area contributed by atoms with Crippen LogP contribution in [0.2, 0.25) is 0 Å². The first-order chi connectivity index (χ1) is 10.4. The summed E-state index contributed by atoms with van der Waals surface area (Å²) in [6.45, 7) is 8.44. The third kappa shape index (κ3) is 3.12. The van der Waals surface area contributed by atoms with E-state index in [1.807, 2.05) is 25.8 Å². The average Bonchev–Trinajstić information content (AvgIpc) is 2.91. The van der Waals surface area contributed by atoms with Crippen molar-refractivity contribution in [3.8, 4) is 0 Å². The number of nitrogens with zero attached hydrogens (tertiary/aromatic N) is 2. The number of benzene rings is 1. The van der Waals surface area contributed by atoms with Gasteiger partial charge in [-0.05, 0) is 51.7 Å². The normalized spacial score (nSPS) is 20.0. The lowest BCUT2D eigenvalue weighted by atomic mass is 9.98. The second-order valence-electron chi connectivity index (χ2n) is 7.36. The van der Waals surface area contributed by atoms with Crippen LogP contribution in [0.1, 0.15) is 39.2 Å². The number of para-hydroxylation sites is 1. The third-order valence-electron chi connectivity index (χ3n) is 4.61. The Labute approximate surface area is 133 Å². The first-order valence-corrected chi connectivity index (χ1v) is 8.27. The number of anilines is 1. The molecule has 0 unspecified atom stereocenters. The van der Waals surface area contributed by atoms with Gasteiger partial charge in [-0.3, -0.25) is 0 Å². The lowest BCUT2D eigenvalue weighted by Gasteiger charge is -2.37. The summed E-state index contributed by atoms with van der Waals surface area (Å²) in [5.74, 6) is -0.141. The molecule has 2 aliphatic heterocycles. The molecule has 0 atom stereocenters. The number of hydrogen-bond donors (Lipinski definition) is 0. The molecule has 1 aromatic rings. The molecule has 120 valence electrons. The van der Waals surface area contributed by atoms with E-state index in [0.717, 1.165) is 38.9 Å². The molecular formula is C18H26N2O2. The maximum Gasteiger partial charge on any atom is 0.330 e. The van der Waals surface area contributed by atoms with Crippen molar-refractivity contribution in [2.24, 2.45) is 5.41 Å². The Hall–Kier alpha value is -1.55. The molecule has 0 N–H and O–H groups in total. The first-order valence-electron chi connectivity index (χ1n) is 8.27. The second-order valence-corrected chi connectivity index (χ2v) is 7.36. The smallest absolute Gasteiger partial charge is 0.330 e. The zero-order chi connectivity index (χ0) is 15.7. The van der Waals surface area contributed by atoms with E-state index < -0.39 is 5.41 Å². The summed E-state index contributed by atoms with van der Waals surface area (Å²) in [5.41, 5.74) is 2.42. The summed E-state index contributed by atoms with van der Waals surface area (Å²) >= 11 is 0. The van der Waals surface area contributed by atoms with E-state index in [1.165, 1.54) is 11.3 Å². The zero-order valence-electron chi connectivity index (χ0n) is 13.8. The highest BCUT2D eigenvalue weighted by molar-refractivity contribution is 5.75. The van der Waals surface area contributed by atoms with Gasteiger partial charge in [0.05, 0.1) is 5.41 Å². The van der Waals surface area contributed by atoms with Crippen LogP contribution in [0, 0.1) is 5.41 Å². The predicted molar refractivity (Wildman–Crippen MR) is 87.6 cm³/mol. The van der Waals surface area contributed by atoms with E-state index in [1.54, 1.807) is 0 Å². The minimum Gasteiger partial charge on any atom is -0.368 e. The van der Waals surface area contributed by atoms with Gasteiger partial charge in [-0.15, -0.1) is 5.06 Å². The van der Waals surface area contributed by atoms with Gasteiger partial charge in [0.25, 0.3) is 0 Å². The van der Waals surface area contributed by atoms with Crippen LogP contribution < -0.4 is 4.90 Å². The van der Waals surface area contributed by atoms with E-state index >= 15 is 0 Å². The predicted octanol–water partition coefficient (Wildman–Crippen LogP) is 3.02. The number of carbonyl (C=O) groups excluding carboxylic acids is 1. The van der Waals surface area contributed by atoms with E-state index in [0.29, 0.717) is 6.04 Å². The first kappa shape index (κ1) is 15.3. The topological polar surface area (TPSA) is 32.8 Å². The molecule has 1 fully saturated rings. The Morgan fingerprint density at radius 1 is 1.14 bits per heavy atom. The van der Waals surface area contributed by atoms with Crippen molar-refractivity contribution in [3.05, 3.63) is 29.8 Å². The standard InChI is InChI=1S/C18H26N2O2/c1-18(2,3)17(21)22-19-11-9-15(10-12-19)20-13-8-14-6-4-5-7-16(14)20/h4-7,15H,8-13H2,1-3H3. The largest absolute Gasteiger partial charge is 0.368 e. The van der Waals surface area contributed by atoms with E-state index in [4.69, 9.17) is 4.84 Å². The van der Waals surface area contributed by atoms with E-state index in [2.05, 4.69) is 29.2 Å². The Bertz CT molecular complexity index is 542. The van der Waals surface area contributed by atoms with Gasteiger partial charge < -0.3 is 9.74 Å². The summed E-state index contributed by atoms with van der Waals surface area (Å²) in [6.07, 6.45) is 3.24. The number of fused-ring (bicyclic) bond motifs is 1. The third-order valence-corrected chi connectivity index (χ3v) is 4.61. The van der Waals surface area contributed by atoms with Gasteiger partial charge in [0.15, 0.2) is 0 Å². The average molecular weight is 302 g/mol. The Kier molecular flexibility index (Phi) is 4.13. The molecule has 0 bridgehead atoms. The maximum absolute atomic E-state index is 12.0. The van der Waals surface area contributed by atoms with E-state index in [-0.39, 0.29) is 5.97 Å². The summed E-state index contributed by atoms with van der Waals surface area (Å²) in [6, 6.07) is 9.27. The minimum atomic E-state index is -0.440. The zero-order valence-corrected chi connectivity index (χ0v) is 13.8. The fourth-order valence-corrected chi connectivity index (χ4v) is 3.24. The molecule has 22 heavy (non-hydrogen) atoms. The number of rotatable bonds is 2. The van der Waals surface area contributed by atoms with Gasteiger partial charge in [-0.1, -0.05) is 18.2 Å². The van der Waals surface area contributed by atoms with Crippen LogP contribution in [-0.4, -0.2) is 36.7 Å². The van der Waals surface area contributed by atoms with Crippen molar-refractivity contribution in [2.75, 3.05) is 24.5 Å². The quantitative estimate of drug-likeness (QED) is 0.841. The molecule has 0 radical (unpaired) electrons. The molecule has 1 aromatic carbocycles. The number of carbonyl (C=O) groups is 1. The summed E-state index contributed by atoms with van der Waals surface area (Å²) in [7, 11) is 0. The molecule has 0 amide bonds. The number of hydrogen-bond acceptors (Lipinski definition) is 4. The molecule has 4 nitrogen and oxygen atoms in total.